The maximum Gasteiger partial charge on any atom is 0.331 e. The first-order valence-corrected chi connectivity index (χ1v) is 20.6. The van der Waals surface area contributed by atoms with Gasteiger partial charge in [0.05, 0.1) is 18.1 Å². The average Bonchev–Trinajstić information content (AvgIpc) is 3.13. The molecule has 0 amide bonds. The van der Waals surface area contributed by atoms with Gasteiger partial charge in [-0.1, -0.05) is 90.4 Å². The predicted molar refractivity (Wildman–Crippen MR) is 206 cm³/mol. The number of carbonyl (C=O) groups is 2. The summed E-state index contributed by atoms with van der Waals surface area (Å²) >= 11 is 0. The standard InChI is InChI=1S/C45H64O10/c1-40(2)23-28-27-14-15-31-42(5)19-18-32(55-38-37(50)36(49)35(48)29(25-46)53-38)41(3,4)30(42)17-20-44(31,7)43(27,6)21-22-45(28,39(51)52)24-33(40)54-34(47)16-13-26-11-9-8-10-12-26/h8-14,16,28-33,35-38,46,48-50H,15,17-25H2,1-7H3,(H,51,52). The molecule has 1 aromatic rings. The number of hydrogen-bond donors (Lipinski definition) is 5. The maximum atomic E-state index is 13.5. The van der Waals surface area contributed by atoms with Crippen LogP contribution < -0.4 is 0 Å². The van der Waals surface area contributed by atoms with Gasteiger partial charge in [-0.3, -0.25) is 4.79 Å². The fourth-order valence-corrected chi connectivity index (χ4v) is 13.3. The Kier molecular flexibility index (Phi) is 10.4. The molecule has 5 fully saturated rings. The summed E-state index contributed by atoms with van der Waals surface area (Å²) in [6.45, 7) is 15.6. The molecule has 0 radical (unpaired) electrons. The van der Waals surface area contributed by atoms with E-state index in [9.17, 15) is 35.1 Å². The quantitative estimate of drug-likeness (QED) is 0.0923. The van der Waals surface area contributed by atoms with E-state index in [4.69, 9.17) is 14.2 Å². The third-order valence-electron chi connectivity index (χ3n) is 16.8. The number of benzene rings is 1. The number of fused-ring (bicyclic) bond motifs is 7. The molecule has 5 N–H and O–H groups in total. The number of ether oxygens (including phenoxy) is 3. The van der Waals surface area contributed by atoms with Gasteiger partial charge in [0.1, 0.15) is 30.5 Å². The zero-order valence-corrected chi connectivity index (χ0v) is 33.7. The van der Waals surface area contributed by atoms with Crippen molar-refractivity contribution in [1.82, 2.24) is 0 Å². The minimum Gasteiger partial charge on any atom is -0.481 e. The lowest BCUT2D eigenvalue weighted by atomic mass is 9.33. The van der Waals surface area contributed by atoms with Gasteiger partial charge in [0.2, 0.25) is 0 Å². The van der Waals surface area contributed by atoms with Gasteiger partial charge in [0.25, 0.3) is 0 Å². The number of hydrogen-bond acceptors (Lipinski definition) is 9. The van der Waals surface area contributed by atoms with Crippen molar-refractivity contribution in [3.05, 3.63) is 53.6 Å². The van der Waals surface area contributed by atoms with Crippen molar-refractivity contribution in [2.75, 3.05) is 6.61 Å². The Morgan fingerprint density at radius 2 is 1.56 bits per heavy atom. The van der Waals surface area contributed by atoms with Crippen molar-refractivity contribution in [3.8, 4) is 0 Å². The third-order valence-corrected chi connectivity index (χ3v) is 16.8. The van der Waals surface area contributed by atoms with Crippen molar-refractivity contribution in [1.29, 1.82) is 0 Å². The van der Waals surface area contributed by atoms with E-state index in [1.54, 1.807) is 6.08 Å². The molecule has 1 heterocycles. The van der Waals surface area contributed by atoms with Crippen LogP contribution in [0.15, 0.2) is 48.1 Å². The second kappa shape index (κ2) is 14.0. The number of carboxylic acids is 1. The molecular formula is C45H64O10. The molecule has 14 atom stereocenters. The Balaban J connectivity index is 1.13. The summed E-state index contributed by atoms with van der Waals surface area (Å²) < 4.78 is 18.4. The Bertz CT molecular complexity index is 1680. The molecule has 1 aliphatic heterocycles. The molecule has 0 spiro atoms. The molecule has 14 unspecified atom stereocenters. The van der Waals surface area contributed by atoms with Gasteiger partial charge in [-0.15, -0.1) is 0 Å². The first kappa shape index (κ1) is 40.6. The fraction of sp³-hybridized carbons (Fsp3) is 0.733. The van der Waals surface area contributed by atoms with Crippen molar-refractivity contribution < 1.29 is 49.3 Å². The predicted octanol–water partition coefficient (Wildman–Crippen LogP) is 6.29. The maximum absolute atomic E-state index is 13.5. The summed E-state index contributed by atoms with van der Waals surface area (Å²) in [5, 5.41) is 52.4. The third kappa shape index (κ3) is 6.27. The lowest BCUT2D eigenvalue weighted by Gasteiger charge is -2.71. The van der Waals surface area contributed by atoms with E-state index in [1.807, 2.05) is 30.3 Å². The first-order chi connectivity index (χ1) is 25.7. The van der Waals surface area contributed by atoms with Gasteiger partial charge >= 0.3 is 11.9 Å². The molecule has 1 aromatic carbocycles. The number of esters is 1. The Morgan fingerprint density at radius 3 is 2.24 bits per heavy atom. The molecular weight excluding hydrogens is 700 g/mol. The van der Waals surface area contributed by atoms with E-state index in [0.717, 1.165) is 44.1 Å². The Labute approximate surface area is 326 Å². The summed E-state index contributed by atoms with van der Waals surface area (Å²) in [4.78, 5) is 26.7. The second-order valence-electron chi connectivity index (χ2n) is 20.1. The van der Waals surface area contributed by atoms with Gasteiger partial charge in [0, 0.05) is 17.9 Å². The fourth-order valence-electron chi connectivity index (χ4n) is 13.3. The normalized spacial score (nSPS) is 46.0. The van der Waals surface area contributed by atoms with Crippen LogP contribution >= 0.6 is 0 Å². The smallest absolute Gasteiger partial charge is 0.331 e. The van der Waals surface area contributed by atoms with Crippen LogP contribution in [0.4, 0.5) is 0 Å². The molecule has 6 aliphatic rings. The van der Waals surface area contributed by atoms with Crippen molar-refractivity contribution in [2.45, 2.75) is 149 Å². The van der Waals surface area contributed by atoms with E-state index < -0.39 is 66.2 Å². The van der Waals surface area contributed by atoms with Gasteiger partial charge < -0.3 is 39.7 Å². The molecule has 10 heteroatoms. The summed E-state index contributed by atoms with van der Waals surface area (Å²) in [7, 11) is 0. The van der Waals surface area contributed by atoms with Crippen molar-refractivity contribution in [2.24, 2.45) is 50.2 Å². The van der Waals surface area contributed by atoms with Crippen molar-refractivity contribution >= 4 is 18.0 Å². The van der Waals surface area contributed by atoms with Crippen molar-refractivity contribution in [3.63, 3.8) is 0 Å². The van der Waals surface area contributed by atoms with Gasteiger partial charge in [-0.05, 0) is 102 Å². The molecule has 55 heavy (non-hydrogen) atoms. The van der Waals surface area contributed by atoms with Crippen LogP contribution in [0.1, 0.15) is 112 Å². The molecule has 4 saturated carbocycles. The van der Waals surface area contributed by atoms with E-state index in [2.05, 4.69) is 54.5 Å². The molecule has 7 rings (SSSR count). The highest BCUT2D eigenvalue weighted by Crippen LogP contribution is 2.76. The zero-order valence-electron chi connectivity index (χ0n) is 33.7. The number of allylic oxidation sites excluding steroid dienone is 2. The topological polar surface area (TPSA) is 163 Å². The summed E-state index contributed by atoms with van der Waals surface area (Å²) in [5.74, 6) is -0.744. The van der Waals surface area contributed by atoms with E-state index >= 15 is 0 Å². The summed E-state index contributed by atoms with van der Waals surface area (Å²) in [5.41, 5.74) is 0.152. The minimum absolute atomic E-state index is 0.0312. The average molecular weight is 765 g/mol. The highest BCUT2D eigenvalue weighted by atomic mass is 16.7. The lowest BCUT2D eigenvalue weighted by molar-refractivity contribution is -0.330. The molecule has 304 valence electrons. The van der Waals surface area contributed by atoms with Crippen LogP contribution in [-0.2, 0) is 23.8 Å². The largest absolute Gasteiger partial charge is 0.481 e. The van der Waals surface area contributed by atoms with Crippen LogP contribution in [0.3, 0.4) is 0 Å². The van der Waals surface area contributed by atoms with E-state index in [0.29, 0.717) is 31.1 Å². The number of aliphatic carboxylic acids is 1. The van der Waals surface area contributed by atoms with Crippen LogP contribution in [0, 0.1) is 50.2 Å². The van der Waals surface area contributed by atoms with Crippen LogP contribution in [0.5, 0.6) is 0 Å². The first-order valence-electron chi connectivity index (χ1n) is 20.6. The molecule has 0 bridgehead atoms. The van der Waals surface area contributed by atoms with E-state index in [-0.39, 0.29) is 33.7 Å². The lowest BCUT2D eigenvalue weighted by Crippen LogP contribution is -2.66. The molecule has 5 aliphatic carbocycles. The van der Waals surface area contributed by atoms with Gasteiger partial charge in [0.15, 0.2) is 6.29 Å². The van der Waals surface area contributed by atoms with Crippen LogP contribution in [0.2, 0.25) is 0 Å². The minimum atomic E-state index is -1.49. The Hall–Kier alpha value is -2.60. The number of carboxylic acid groups (broad SMARTS) is 1. The summed E-state index contributed by atoms with van der Waals surface area (Å²) in [6, 6.07) is 9.58. The van der Waals surface area contributed by atoms with Gasteiger partial charge in [-0.25, -0.2) is 4.79 Å². The molecule has 0 aromatic heterocycles. The Morgan fingerprint density at radius 1 is 0.855 bits per heavy atom. The number of rotatable bonds is 7. The van der Waals surface area contributed by atoms with E-state index in [1.165, 1.54) is 11.6 Å². The molecule has 10 nitrogen and oxygen atoms in total. The van der Waals surface area contributed by atoms with Crippen LogP contribution in [-0.4, -0.2) is 87.0 Å². The number of aliphatic hydroxyl groups excluding tert-OH is 4. The highest BCUT2D eigenvalue weighted by molar-refractivity contribution is 5.87. The zero-order chi connectivity index (χ0) is 39.9. The second-order valence-corrected chi connectivity index (χ2v) is 20.1. The summed E-state index contributed by atoms with van der Waals surface area (Å²) in [6.07, 6.45) is 4.97. The SMILES string of the molecule is CC1(C)CC2C3=CCC4C5(C)CCC(OC6OC(CO)C(O)C(O)C6O)C(C)(C)C5CCC4(C)C3(C)CCC2(C(=O)O)CC1OC(=O)C=Cc1ccccc1. The van der Waals surface area contributed by atoms with Gasteiger partial charge in [-0.2, -0.15) is 0 Å². The highest BCUT2D eigenvalue weighted by Gasteiger charge is 2.70. The van der Waals surface area contributed by atoms with Crippen LogP contribution in [0.25, 0.3) is 6.08 Å². The number of aliphatic hydroxyl groups is 4. The molecule has 1 saturated heterocycles. The monoisotopic (exact) mass is 764 g/mol. The number of carbonyl (C=O) groups excluding carboxylic acids is 1.